The van der Waals surface area contributed by atoms with Crippen molar-refractivity contribution in [3.8, 4) is 5.75 Å². The summed E-state index contributed by atoms with van der Waals surface area (Å²) in [6.07, 6.45) is 1.89. The first-order valence-corrected chi connectivity index (χ1v) is 5.50. The lowest BCUT2D eigenvalue weighted by atomic mass is 10.3. The molecular weight excluding hydrogens is 204 g/mol. The van der Waals surface area contributed by atoms with Gasteiger partial charge in [-0.25, -0.2) is 4.98 Å². The molecule has 0 radical (unpaired) electrons. The molecule has 0 spiro atoms. The number of hydrogen-bond acceptors (Lipinski definition) is 4. The van der Waals surface area contributed by atoms with Gasteiger partial charge in [-0.3, -0.25) is 0 Å². The Bertz CT molecular complexity index is 316. The minimum absolute atomic E-state index is 0.141. The maximum Gasteiger partial charge on any atom is 0.169 e. The van der Waals surface area contributed by atoms with Crippen LogP contribution in [0.1, 0.15) is 20.8 Å². The van der Waals surface area contributed by atoms with Gasteiger partial charge in [0.1, 0.15) is 0 Å². The fourth-order valence-corrected chi connectivity index (χ4v) is 1.37. The number of ether oxygens (including phenoxy) is 2. The Morgan fingerprint density at radius 1 is 1.38 bits per heavy atom. The van der Waals surface area contributed by atoms with Gasteiger partial charge in [0.15, 0.2) is 11.6 Å². The largest absolute Gasteiger partial charge is 0.487 e. The highest BCUT2D eigenvalue weighted by atomic mass is 16.5. The van der Waals surface area contributed by atoms with Crippen LogP contribution in [0.5, 0.6) is 5.75 Å². The van der Waals surface area contributed by atoms with E-state index in [1.165, 1.54) is 0 Å². The van der Waals surface area contributed by atoms with E-state index >= 15 is 0 Å². The van der Waals surface area contributed by atoms with Crippen LogP contribution in [0, 0.1) is 0 Å². The van der Waals surface area contributed by atoms with Crippen LogP contribution in [0.4, 0.5) is 5.82 Å². The van der Waals surface area contributed by atoms with E-state index in [-0.39, 0.29) is 12.1 Å². The second kappa shape index (κ2) is 6.33. The lowest BCUT2D eigenvalue weighted by molar-refractivity contribution is 0.190. The number of methoxy groups -OCH3 is 1. The van der Waals surface area contributed by atoms with Crippen molar-refractivity contribution in [3.05, 3.63) is 18.3 Å². The molecule has 16 heavy (non-hydrogen) atoms. The molecule has 1 heterocycles. The molecule has 1 unspecified atom stereocenters. The van der Waals surface area contributed by atoms with Gasteiger partial charge < -0.3 is 14.8 Å². The fourth-order valence-electron chi connectivity index (χ4n) is 1.37. The van der Waals surface area contributed by atoms with Crippen molar-refractivity contribution in [2.24, 2.45) is 0 Å². The van der Waals surface area contributed by atoms with Gasteiger partial charge in [0.05, 0.1) is 12.7 Å². The second-order valence-corrected chi connectivity index (χ2v) is 4.02. The first-order chi connectivity index (χ1) is 7.63. The standard InChI is InChI=1S/C12H20N2O2/c1-9(2)16-11-6-5-7-13-12(11)14-10(3)8-15-4/h5-7,9-10H,8H2,1-4H3,(H,13,14). The second-order valence-electron chi connectivity index (χ2n) is 4.02. The molecule has 1 aromatic rings. The molecule has 0 saturated heterocycles. The molecule has 1 atom stereocenters. The summed E-state index contributed by atoms with van der Waals surface area (Å²) in [5.41, 5.74) is 0. The summed E-state index contributed by atoms with van der Waals surface area (Å²) in [4.78, 5) is 4.26. The average molecular weight is 224 g/mol. The third-order valence-electron chi connectivity index (χ3n) is 1.93. The Hall–Kier alpha value is -1.29. The highest BCUT2D eigenvalue weighted by Crippen LogP contribution is 2.22. The van der Waals surface area contributed by atoms with E-state index in [4.69, 9.17) is 9.47 Å². The number of aromatic nitrogens is 1. The highest BCUT2D eigenvalue weighted by Gasteiger charge is 2.09. The Kier molecular flexibility index (Phi) is 5.05. The smallest absolute Gasteiger partial charge is 0.169 e. The summed E-state index contributed by atoms with van der Waals surface area (Å²) in [6, 6.07) is 3.98. The number of nitrogens with zero attached hydrogens (tertiary/aromatic N) is 1. The molecule has 0 aliphatic heterocycles. The molecule has 1 aromatic heterocycles. The van der Waals surface area contributed by atoms with Gasteiger partial charge in [-0.15, -0.1) is 0 Å². The van der Waals surface area contributed by atoms with Crippen LogP contribution < -0.4 is 10.1 Å². The van der Waals surface area contributed by atoms with E-state index in [0.29, 0.717) is 6.61 Å². The van der Waals surface area contributed by atoms with E-state index < -0.39 is 0 Å². The lowest BCUT2D eigenvalue weighted by Gasteiger charge is -2.17. The van der Waals surface area contributed by atoms with E-state index in [9.17, 15) is 0 Å². The Labute approximate surface area is 97.0 Å². The number of pyridine rings is 1. The zero-order valence-corrected chi connectivity index (χ0v) is 10.4. The molecule has 0 aliphatic rings. The molecule has 0 fully saturated rings. The maximum atomic E-state index is 5.66. The number of nitrogens with one attached hydrogen (secondary N) is 1. The third kappa shape index (κ3) is 4.06. The van der Waals surface area contributed by atoms with E-state index in [1.807, 2.05) is 32.9 Å². The predicted molar refractivity (Wildman–Crippen MR) is 65.0 cm³/mol. The average Bonchev–Trinajstić information content (AvgIpc) is 2.20. The lowest BCUT2D eigenvalue weighted by Crippen LogP contribution is -2.22. The van der Waals surface area contributed by atoms with Crippen molar-refractivity contribution in [3.63, 3.8) is 0 Å². The van der Waals surface area contributed by atoms with Crippen LogP contribution in [0.15, 0.2) is 18.3 Å². The van der Waals surface area contributed by atoms with E-state index in [2.05, 4.69) is 10.3 Å². The van der Waals surface area contributed by atoms with Gasteiger partial charge in [-0.1, -0.05) is 0 Å². The fraction of sp³-hybridized carbons (Fsp3) is 0.583. The Morgan fingerprint density at radius 3 is 2.75 bits per heavy atom. The maximum absolute atomic E-state index is 5.66. The van der Waals surface area contributed by atoms with Gasteiger partial charge >= 0.3 is 0 Å². The van der Waals surface area contributed by atoms with Crippen molar-refractivity contribution in [1.29, 1.82) is 0 Å². The molecule has 0 bridgehead atoms. The molecule has 4 nitrogen and oxygen atoms in total. The molecule has 0 aromatic carbocycles. The topological polar surface area (TPSA) is 43.4 Å². The number of anilines is 1. The van der Waals surface area contributed by atoms with Gasteiger partial charge in [-0.2, -0.15) is 0 Å². The number of rotatable bonds is 6. The van der Waals surface area contributed by atoms with Crippen LogP contribution in [0.25, 0.3) is 0 Å². The number of hydrogen-bond donors (Lipinski definition) is 1. The van der Waals surface area contributed by atoms with Gasteiger partial charge in [0.2, 0.25) is 0 Å². The summed E-state index contributed by atoms with van der Waals surface area (Å²) in [5, 5.41) is 3.26. The van der Waals surface area contributed by atoms with Crippen LogP contribution in [-0.4, -0.2) is 30.8 Å². The molecule has 0 saturated carbocycles. The predicted octanol–water partition coefficient (Wildman–Crippen LogP) is 2.32. The molecular formula is C12H20N2O2. The minimum Gasteiger partial charge on any atom is -0.487 e. The molecule has 4 heteroatoms. The van der Waals surface area contributed by atoms with Gasteiger partial charge in [0.25, 0.3) is 0 Å². The molecule has 90 valence electrons. The van der Waals surface area contributed by atoms with Crippen molar-refractivity contribution in [2.45, 2.75) is 32.9 Å². The van der Waals surface area contributed by atoms with E-state index in [1.54, 1.807) is 13.3 Å². The van der Waals surface area contributed by atoms with Crippen molar-refractivity contribution in [2.75, 3.05) is 19.0 Å². The SMILES string of the molecule is COCC(C)Nc1ncccc1OC(C)C. The van der Waals surface area contributed by atoms with Crippen molar-refractivity contribution < 1.29 is 9.47 Å². The molecule has 0 amide bonds. The van der Waals surface area contributed by atoms with Crippen molar-refractivity contribution >= 4 is 5.82 Å². The summed E-state index contributed by atoms with van der Waals surface area (Å²) >= 11 is 0. The first kappa shape index (κ1) is 12.8. The van der Waals surface area contributed by atoms with Crippen LogP contribution in [-0.2, 0) is 4.74 Å². The third-order valence-corrected chi connectivity index (χ3v) is 1.93. The van der Waals surface area contributed by atoms with Gasteiger partial charge in [-0.05, 0) is 32.9 Å². The molecule has 1 N–H and O–H groups in total. The Morgan fingerprint density at radius 2 is 2.12 bits per heavy atom. The summed E-state index contributed by atoms with van der Waals surface area (Å²) < 4.78 is 10.7. The summed E-state index contributed by atoms with van der Waals surface area (Å²) in [5.74, 6) is 1.54. The van der Waals surface area contributed by atoms with Crippen LogP contribution >= 0.6 is 0 Å². The van der Waals surface area contributed by atoms with Crippen molar-refractivity contribution in [1.82, 2.24) is 4.98 Å². The quantitative estimate of drug-likeness (QED) is 0.805. The van der Waals surface area contributed by atoms with Gasteiger partial charge in [0, 0.05) is 19.3 Å². The zero-order chi connectivity index (χ0) is 12.0. The Balaban J connectivity index is 2.70. The van der Waals surface area contributed by atoms with E-state index in [0.717, 1.165) is 11.6 Å². The van der Waals surface area contributed by atoms with Crippen LogP contribution in [0.3, 0.4) is 0 Å². The molecule has 1 rings (SSSR count). The minimum atomic E-state index is 0.141. The van der Waals surface area contributed by atoms with Crippen LogP contribution in [0.2, 0.25) is 0 Å². The summed E-state index contributed by atoms with van der Waals surface area (Å²) in [7, 11) is 1.68. The summed E-state index contributed by atoms with van der Waals surface area (Å²) in [6.45, 7) is 6.67. The highest BCUT2D eigenvalue weighted by molar-refractivity contribution is 5.50. The zero-order valence-electron chi connectivity index (χ0n) is 10.4. The monoisotopic (exact) mass is 224 g/mol. The molecule has 0 aliphatic carbocycles. The normalized spacial score (nSPS) is 12.6. The first-order valence-electron chi connectivity index (χ1n) is 5.50.